The Balaban J connectivity index is 2.33. The molecular weight excluding hydrogens is 150 g/mol. The van der Waals surface area contributed by atoms with Crippen LogP contribution < -0.4 is 5.32 Å². The van der Waals surface area contributed by atoms with Crippen LogP contribution in [0.5, 0.6) is 0 Å². The van der Waals surface area contributed by atoms with Crippen LogP contribution in [0.3, 0.4) is 0 Å². The van der Waals surface area contributed by atoms with Gasteiger partial charge in [-0.05, 0) is 19.4 Å². The molecule has 1 rings (SSSR count). The predicted octanol–water partition coefficient (Wildman–Crippen LogP) is 1.36. The summed E-state index contributed by atoms with van der Waals surface area (Å²) in [6.45, 7) is 5.16. The van der Waals surface area contributed by atoms with Crippen molar-refractivity contribution < 1.29 is 0 Å². The molecule has 0 radical (unpaired) electrons. The molecule has 0 aliphatic heterocycles. The van der Waals surface area contributed by atoms with Crippen LogP contribution in [0, 0.1) is 0 Å². The summed E-state index contributed by atoms with van der Waals surface area (Å²) < 4.78 is 0. The van der Waals surface area contributed by atoms with Gasteiger partial charge in [0.2, 0.25) is 0 Å². The van der Waals surface area contributed by atoms with Gasteiger partial charge in [0.1, 0.15) is 6.33 Å². The SMILES string of the molecule is CCC(C)NCc1ccncn1. The van der Waals surface area contributed by atoms with Gasteiger partial charge >= 0.3 is 0 Å². The van der Waals surface area contributed by atoms with Crippen LogP contribution in [0.4, 0.5) is 0 Å². The molecule has 1 aromatic heterocycles. The van der Waals surface area contributed by atoms with E-state index < -0.39 is 0 Å². The lowest BCUT2D eigenvalue weighted by Gasteiger charge is -2.09. The maximum atomic E-state index is 4.11. The van der Waals surface area contributed by atoms with E-state index in [4.69, 9.17) is 0 Å². The zero-order valence-electron chi connectivity index (χ0n) is 7.62. The predicted molar refractivity (Wildman–Crippen MR) is 48.6 cm³/mol. The zero-order chi connectivity index (χ0) is 8.81. The van der Waals surface area contributed by atoms with Crippen molar-refractivity contribution in [3.63, 3.8) is 0 Å². The first-order valence-electron chi connectivity index (χ1n) is 4.31. The summed E-state index contributed by atoms with van der Waals surface area (Å²) >= 11 is 0. The summed E-state index contributed by atoms with van der Waals surface area (Å²) in [5, 5.41) is 3.36. The lowest BCUT2D eigenvalue weighted by molar-refractivity contribution is 0.528. The number of rotatable bonds is 4. The lowest BCUT2D eigenvalue weighted by Crippen LogP contribution is -2.24. The van der Waals surface area contributed by atoms with Gasteiger partial charge in [0.05, 0.1) is 5.69 Å². The van der Waals surface area contributed by atoms with Crippen LogP contribution >= 0.6 is 0 Å². The van der Waals surface area contributed by atoms with Gasteiger partial charge in [-0.3, -0.25) is 0 Å². The van der Waals surface area contributed by atoms with Crippen molar-refractivity contribution >= 4 is 0 Å². The maximum absolute atomic E-state index is 4.11. The lowest BCUT2D eigenvalue weighted by atomic mass is 10.2. The molecule has 1 N–H and O–H groups in total. The van der Waals surface area contributed by atoms with E-state index >= 15 is 0 Å². The minimum atomic E-state index is 0.556. The summed E-state index contributed by atoms with van der Waals surface area (Å²) in [6.07, 6.45) is 4.49. The van der Waals surface area contributed by atoms with E-state index in [2.05, 4.69) is 29.1 Å². The van der Waals surface area contributed by atoms with E-state index in [1.54, 1.807) is 12.5 Å². The zero-order valence-corrected chi connectivity index (χ0v) is 7.62. The molecule has 3 heteroatoms. The van der Waals surface area contributed by atoms with Crippen molar-refractivity contribution in [3.05, 3.63) is 24.3 Å². The van der Waals surface area contributed by atoms with Gasteiger partial charge < -0.3 is 5.32 Å². The summed E-state index contributed by atoms with van der Waals surface area (Å²) in [7, 11) is 0. The van der Waals surface area contributed by atoms with Crippen LogP contribution in [0.15, 0.2) is 18.6 Å². The number of nitrogens with zero attached hydrogens (tertiary/aromatic N) is 2. The Morgan fingerprint density at radius 2 is 2.42 bits per heavy atom. The molecule has 1 unspecified atom stereocenters. The average molecular weight is 165 g/mol. The van der Waals surface area contributed by atoms with Crippen molar-refractivity contribution in [1.29, 1.82) is 0 Å². The molecule has 12 heavy (non-hydrogen) atoms. The number of hydrogen-bond acceptors (Lipinski definition) is 3. The molecule has 1 aromatic rings. The minimum Gasteiger partial charge on any atom is -0.309 e. The molecule has 0 aliphatic rings. The van der Waals surface area contributed by atoms with Crippen LogP contribution in [-0.4, -0.2) is 16.0 Å². The van der Waals surface area contributed by atoms with Gasteiger partial charge in [-0.1, -0.05) is 6.92 Å². The standard InChI is InChI=1S/C9H15N3/c1-3-8(2)11-6-9-4-5-10-7-12-9/h4-5,7-8,11H,3,6H2,1-2H3. The molecule has 0 bridgehead atoms. The van der Waals surface area contributed by atoms with E-state index in [-0.39, 0.29) is 0 Å². The smallest absolute Gasteiger partial charge is 0.115 e. The molecule has 0 spiro atoms. The monoisotopic (exact) mass is 165 g/mol. The third-order valence-electron chi connectivity index (χ3n) is 1.89. The Hall–Kier alpha value is -0.960. The second-order valence-electron chi connectivity index (χ2n) is 2.89. The largest absolute Gasteiger partial charge is 0.309 e. The normalized spacial score (nSPS) is 12.8. The third kappa shape index (κ3) is 2.96. The topological polar surface area (TPSA) is 37.8 Å². The van der Waals surface area contributed by atoms with Gasteiger partial charge in [0.25, 0.3) is 0 Å². The molecule has 0 saturated carbocycles. The van der Waals surface area contributed by atoms with Gasteiger partial charge in [0, 0.05) is 18.8 Å². The highest BCUT2D eigenvalue weighted by molar-refractivity contribution is 4.97. The van der Waals surface area contributed by atoms with Gasteiger partial charge in [-0.15, -0.1) is 0 Å². The highest BCUT2D eigenvalue weighted by Gasteiger charge is 1.97. The van der Waals surface area contributed by atoms with Crippen molar-refractivity contribution in [3.8, 4) is 0 Å². The van der Waals surface area contributed by atoms with Gasteiger partial charge in [0.15, 0.2) is 0 Å². The summed E-state index contributed by atoms with van der Waals surface area (Å²) in [6, 6.07) is 2.48. The molecule has 1 atom stereocenters. The first-order chi connectivity index (χ1) is 5.83. The second kappa shape index (κ2) is 4.83. The molecule has 0 amide bonds. The van der Waals surface area contributed by atoms with Crippen molar-refractivity contribution in [2.45, 2.75) is 32.9 Å². The van der Waals surface area contributed by atoms with Crippen LogP contribution in [0.1, 0.15) is 26.0 Å². The first-order valence-corrected chi connectivity index (χ1v) is 4.31. The van der Waals surface area contributed by atoms with Crippen LogP contribution in [0.25, 0.3) is 0 Å². The summed E-state index contributed by atoms with van der Waals surface area (Å²) in [5.41, 5.74) is 1.05. The molecule has 0 aromatic carbocycles. The number of aromatic nitrogens is 2. The third-order valence-corrected chi connectivity index (χ3v) is 1.89. The highest BCUT2D eigenvalue weighted by atomic mass is 14.9. The Labute approximate surface area is 73.2 Å². The van der Waals surface area contributed by atoms with Crippen LogP contribution in [-0.2, 0) is 6.54 Å². The minimum absolute atomic E-state index is 0.556. The molecule has 0 aliphatic carbocycles. The Bertz CT molecular complexity index is 210. The fourth-order valence-electron chi connectivity index (χ4n) is 0.846. The summed E-state index contributed by atoms with van der Waals surface area (Å²) in [4.78, 5) is 7.97. The van der Waals surface area contributed by atoms with Gasteiger partial charge in [-0.2, -0.15) is 0 Å². The molecule has 1 heterocycles. The highest BCUT2D eigenvalue weighted by Crippen LogP contribution is 1.93. The molecular formula is C9H15N3. The average Bonchev–Trinajstić information content (AvgIpc) is 2.16. The molecule has 66 valence electrons. The fourth-order valence-corrected chi connectivity index (χ4v) is 0.846. The first kappa shape index (κ1) is 9.13. The van der Waals surface area contributed by atoms with E-state index in [1.165, 1.54) is 0 Å². The summed E-state index contributed by atoms with van der Waals surface area (Å²) in [5.74, 6) is 0. The Kier molecular flexibility index (Phi) is 3.67. The van der Waals surface area contributed by atoms with E-state index in [0.29, 0.717) is 6.04 Å². The Morgan fingerprint density at radius 1 is 1.58 bits per heavy atom. The number of hydrogen-bond donors (Lipinski definition) is 1. The van der Waals surface area contributed by atoms with Gasteiger partial charge in [-0.25, -0.2) is 9.97 Å². The molecule has 3 nitrogen and oxygen atoms in total. The fraction of sp³-hybridized carbons (Fsp3) is 0.556. The van der Waals surface area contributed by atoms with E-state index in [0.717, 1.165) is 18.7 Å². The Morgan fingerprint density at radius 3 is 3.00 bits per heavy atom. The van der Waals surface area contributed by atoms with Crippen LogP contribution in [0.2, 0.25) is 0 Å². The van der Waals surface area contributed by atoms with Crippen molar-refractivity contribution in [2.75, 3.05) is 0 Å². The van der Waals surface area contributed by atoms with Crippen molar-refractivity contribution in [1.82, 2.24) is 15.3 Å². The van der Waals surface area contributed by atoms with E-state index in [1.807, 2.05) is 6.07 Å². The second-order valence-corrected chi connectivity index (χ2v) is 2.89. The van der Waals surface area contributed by atoms with Crippen molar-refractivity contribution in [2.24, 2.45) is 0 Å². The maximum Gasteiger partial charge on any atom is 0.115 e. The molecule has 0 fully saturated rings. The van der Waals surface area contributed by atoms with E-state index in [9.17, 15) is 0 Å². The quantitative estimate of drug-likeness (QED) is 0.732. The molecule has 0 saturated heterocycles. The number of nitrogens with one attached hydrogen (secondary N) is 1.